The lowest BCUT2D eigenvalue weighted by Crippen LogP contribution is -2.57. The predicted octanol–water partition coefficient (Wildman–Crippen LogP) is 2.41. The molecule has 2 heterocycles. The number of methoxy groups -OCH3 is 1. The summed E-state index contributed by atoms with van der Waals surface area (Å²) in [7, 11) is 1.79. The lowest BCUT2D eigenvalue weighted by molar-refractivity contribution is -0.141. The van der Waals surface area contributed by atoms with Crippen molar-refractivity contribution in [3.05, 3.63) is 0 Å². The van der Waals surface area contributed by atoms with E-state index in [4.69, 9.17) is 18.9 Å². The summed E-state index contributed by atoms with van der Waals surface area (Å²) in [5.74, 6) is 0.579. The van der Waals surface area contributed by atoms with Gasteiger partial charge in [0, 0.05) is 46.4 Å². The molecule has 0 N–H and O–H groups in total. The number of piperidine rings is 1. The molecule has 1 atom stereocenters. The maximum atomic E-state index is 6.29. The summed E-state index contributed by atoms with van der Waals surface area (Å²) in [6.07, 6.45) is 5.54. The Labute approximate surface area is 171 Å². The van der Waals surface area contributed by atoms with Crippen molar-refractivity contribution < 1.29 is 18.9 Å². The summed E-state index contributed by atoms with van der Waals surface area (Å²) in [6.45, 7) is 15.5. The SMILES string of the molecule is COC1CC(OCCN2CCC3(CC2)CN(CCO[C@H](C)C(C)C)CCO3)C1. The third-order valence-electron chi connectivity index (χ3n) is 6.97. The van der Waals surface area contributed by atoms with Crippen LogP contribution >= 0.6 is 0 Å². The van der Waals surface area contributed by atoms with Gasteiger partial charge in [0.2, 0.25) is 0 Å². The molecule has 3 rings (SSSR count). The van der Waals surface area contributed by atoms with E-state index in [1.807, 2.05) is 0 Å². The van der Waals surface area contributed by atoms with Crippen molar-refractivity contribution in [2.45, 2.75) is 70.4 Å². The van der Waals surface area contributed by atoms with Crippen molar-refractivity contribution in [2.75, 3.05) is 66.2 Å². The molecular formula is C22H42N2O4. The van der Waals surface area contributed by atoms with Crippen molar-refractivity contribution >= 4 is 0 Å². The van der Waals surface area contributed by atoms with Crippen molar-refractivity contribution in [3.63, 3.8) is 0 Å². The van der Waals surface area contributed by atoms with E-state index in [0.29, 0.717) is 24.2 Å². The van der Waals surface area contributed by atoms with Crippen LogP contribution in [0.4, 0.5) is 0 Å². The topological polar surface area (TPSA) is 43.4 Å². The first-order chi connectivity index (χ1) is 13.5. The minimum atomic E-state index is 0.0545. The molecule has 1 aliphatic carbocycles. The summed E-state index contributed by atoms with van der Waals surface area (Å²) < 4.78 is 23.6. The Morgan fingerprint density at radius 2 is 1.68 bits per heavy atom. The molecule has 0 aromatic rings. The van der Waals surface area contributed by atoms with Gasteiger partial charge in [-0.1, -0.05) is 13.8 Å². The van der Waals surface area contributed by atoms with Gasteiger partial charge in [-0.2, -0.15) is 0 Å². The number of hydrogen-bond donors (Lipinski definition) is 0. The van der Waals surface area contributed by atoms with Gasteiger partial charge < -0.3 is 23.8 Å². The van der Waals surface area contributed by atoms with Crippen LogP contribution in [0.1, 0.15) is 46.5 Å². The Bertz CT molecular complexity index is 448. The molecular weight excluding hydrogens is 356 g/mol. The zero-order chi connectivity index (χ0) is 20.0. The Hall–Kier alpha value is -0.240. The molecule has 0 aromatic heterocycles. The predicted molar refractivity (Wildman–Crippen MR) is 111 cm³/mol. The van der Waals surface area contributed by atoms with Gasteiger partial charge >= 0.3 is 0 Å². The highest BCUT2D eigenvalue weighted by Gasteiger charge is 2.39. The van der Waals surface area contributed by atoms with Crippen molar-refractivity contribution in [1.82, 2.24) is 9.80 Å². The third-order valence-corrected chi connectivity index (χ3v) is 6.97. The van der Waals surface area contributed by atoms with Gasteiger partial charge in [-0.3, -0.25) is 4.90 Å². The van der Waals surface area contributed by atoms with Crippen LogP contribution < -0.4 is 0 Å². The van der Waals surface area contributed by atoms with Crippen LogP contribution in [-0.2, 0) is 18.9 Å². The summed E-state index contributed by atoms with van der Waals surface area (Å²) >= 11 is 0. The molecule has 2 aliphatic heterocycles. The maximum Gasteiger partial charge on any atom is 0.0833 e. The minimum Gasteiger partial charge on any atom is -0.381 e. The molecule has 0 amide bonds. The summed E-state index contributed by atoms with van der Waals surface area (Å²) in [5, 5.41) is 0. The average Bonchev–Trinajstić information content (AvgIpc) is 2.65. The molecule has 0 bridgehead atoms. The Balaban J connectivity index is 1.30. The largest absolute Gasteiger partial charge is 0.381 e. The van der Waals surface area contributed by atoms with Crippen LogP contribution in [0.3, 0.4) is 0 Å². The van der Waals surface area contributed by atoms with E-state index in [9.17, 15) is 0 Å². The van der Waals surface area contributed by atoms with E-state index in [2.05, 4.69) is 30.6 Å². The van der Waals surface area contributed by atoms with E-state index in [1.54, 1.807) is 7.11 Å². The normalized spacial score (nSPS) is 29.9. The molecule has 6 heteroatoms. The van der Waals surface area contributed by atoms with E-state index < -0.39 is 0 Å². The van der Waals surface area contributed by atoms with Crippen molar-refractivity contribution in [3.8, 4) is 0 Å². The van der Waals surface area contributed by atoms with E-state index in [1.165, 1.54) is 0 Å². The fourth-order valence-corrected chi connectivity index (χ4v) is 4.36. The lowest BCUT2D eigenvalue weighted by atomic mass is 9.89. The van der Waals surface area contributed by atoms with Gasteiger partial charge in [0.05, 0.1) is 43.7 Å². The first-order valence-electron chi connectivity index (χ1n) is 11.3. The molecule has 3 fully saturated rings. The second-order valence-electron chi connectivity index (χ2n) is 9.29. The second kappa shape index (κ2) is 10.7. The number of hydrogen-bond acceptors (Lipinski definition) is 6. The Morgan fingerprint density at radius 1 is 0.964 bits per heavy atom. The van der Waals surface area contributed by atoms with Crippen LogP contribution in [0.15, 0.2) is 0 Å². The quantitative estimate of drug-likeness (QED) is 0.563. The van der Waals surface area contributed by atoms with E-state index in [0.717, 1.165) is 84.8 Å². The van der Waals surface area contributed by atoms with Crippen LogP contribution in [0, 0.1) is 5.92 Å². The Kier molecular flexibility index (Phi) is 8.57. The average molecular weight is 399 g/mol. The minimum absolute atomic E-state index is 0.0545. The highest BCUT2D eigenvalue weighted by atomic mass is 16.5. The molecule has 1 saturated carbocycles. The Morgan fingerprint density at radius 3 is 2.36 bits per heavy atom. The zero-order valence-electron chi connectivity index (χ0n) is 18.5. The highest BCUT2D eigenvalue weighted by molar-refractivity contribution is 4.93. The molecule has 0 unspecified atom stereocenters. The fourth-order valence-electron chi connectivity index (χ4n) is 4.36. The van der Waals surface area contributed by atoms with Gasteiger partial charge in [0.25, 0.3) is 0 Å². The fraction of sp³-hybridized carbons (Fsp3) is 1.00. The van der Waals surface area contributed by atoms with Gasteiger partial charge in [-0.15, -0.1) is 0 Å². The number of rotatable bonds is 10. The number of morpholine rings is 1. The van der Waals surface area contributed by atoms with Crippen LogP contribution in [0.25, 0.3) is 0 Å². The van der Waals surface area contributed by atoms with E-state index in [-0.39, 0.29) is 5.60 Å². The van der Waals surface area contributed by atoms with Gasteiger partial charge in [-0.05, 0) is 38.5 Å². The second-order valence-corrected chi connectivity index (χ2v) is 9.29. The summed E-state index contributed by atoms with van der Waals surface area (Å²) in [4.78, 5) is 5.07. The third kappa shape index (κ3) is 6.38. The number of nitrogens with zero attached hydrogens (tertiary/aromatic N) is 2. The smallest absolute Gasteiger partial charge is 0.0833 e. The molecule has 1 spiro atoms. The lowest BCUT2D eigenvalue weighted by Gasteiger charge is -2.47. The summed E-state index contributed by atoms with van der Waals surface area (Å²) in [5.41, 5.74) is 0.0545. The molecule has 28 heavy (non-hydrogen) atoms. The van der Waals surface area contributed by atoms with Gasteiger partial charge in [0.15, 0.2) is 0 Å². The van der Waals surface area contributed by atoms with Crippen LogP contribution in [-0.4, -0.2) is 99.9 Å². The van der Waals surface area contributed by atoms with Gasteiger partial charge in [-0.25, -0.2) is 0 Å². The first-order valence-corrected chi connectivity index (χ1v) is 11.3. The zero-order valence-corrected chi connectivity index (χ0v) is 18.5. The molecule has 3 aliphatic rings. The van der Waals surface area contributed by atoms with Gasteiger partial charge in [0.1, 0.15) is 0 Å². The molecule has 0 aromatic carbocycles. The number of ether oxygens (including phenoxy) is 4. The molecule has 2 saturated heterocycles. The monoisotopic (exact) mass is 398 g/mol. The summed E-state index contributed by atoms with van der Waals surface area (Å²) in [6, 6.07) is 0. The molecule has 6 nitrogen and oxygen atoms in total. The number of likely N-dealkylation sites (tertiary alicyclic amines) is 1. The molecule has 0 radical (unpaired) electrons. The van der Waals surface area contributed by atoms with Crippen LogP contribution in [0.2, 0.25) is 0 Å². The highest BCUT2D eigenvalue weighted by Crippen LogP contribution is 2.30. The van der Waals surface area contributed by atoms with Crippen molar-refractivity contribution in [1.29, 1.82) is 0 Å². The molecule has 164 valence electrons. The maximum absolute atomic E-state index is 6.29. The first kappa shape index (κ1) is 22.4. The standard InChI is InChI=1S/C22H42N2O4/c1-18(2)19(3)26-12-10-24-11-14-28-22(17-24)5-7-23(8-6-22)9-13-27-21-15-20(16-21)25-4/h18-21H,5-17H2,1-4H3/t19-,20?,21?/m1/s1. The van der Waals surface area contributed by atoms with Crippen molar-refractivity contribution in [2.24, 2.45) is 5.92 Å². The van der Waals surface area contributed by atoms with Crippen LogP contribution in [0.5, 0.6) is 0 Å². The van der Waals surface area contributed by atoms with E-state index >= 15 is 0 Å².